The van der Waals surface area contributed by atoms with Crippen LogP contribution in [0, 0.1) is 0 Å². The number of carboxylic acids is 1. The molecule has 3 aromatic carbocycles. The van der Waals surface area contributed by atoms with Crippen LogP contribution in [0.25, 0.3) is 11.1 Å². The third kappa shape index (κ3) is 6.54. The van der Waals surface area contributed by atoms with Gasteiger partial charge < -0.3 is 25.2 Å². The summed E-state index contributed by atoms with van der Waals surface area (Å²) < 4.78 is 42.4. The minimum atomic E-state index is -5.08. The third-order valence-electron chi connectivity index (χ3n) is 7.07. The highest BCUT2D eigenvalue weighted by atomic mass is 19.4. The summed E-state index contributed by atoms with van der Waals surface area (Å²) in [7, 11) is 0. The molecule has 6 rings (SSSR count). The number of likely N-dealkylation sites (tertiary alicyclic amines) is 1. The first-order valence-corrected chi connectivity index (χ1v) is 12.8. The molecule has 1 amide bonds. The molecule has 3 heterocycles. The Labute approximate surface area is 228 Å². The standard InChI is InChI=1S/C27H27N3O3.C2HF3O2/c31-27(22-7-8-25-26(11-22)33-17-32-25)29-13-18-3-1-5-20(9-18)21-6-2-4-19(10-21)15-30-16-23-12-24(30)14-28-23;3-2(4,5)1(6)7/h1-11,23-24,28H,12-17H2,(H,29,31);(H,6,7)/t23-,24-;/m0./s1. The monoisotopic (exact) mass is 555 g/mol. The van der Waals surface area contributed by atoms with Crippen molar-refractivity contribution in [1.82, 2.24) is 15.5 Å². The van der Waals surface area contributed by atoms with Crippen LogP contribution in [-0.4, -0.2) is 60.0 Å². The number of rotatable bonds is 6. The molecule has 0 unspecified atom stereocenters. The van der Waals surface area contributed by atoms with E-state index in [-0.39, 0.29) is 12.7 Å². The highest BCUT2D eigenvalue weighted by Crippen LogP contribution is 2.32. The minimum Gasteiger partial charge on any atom is -0.475 e. The van der Waals surface area contributed by atoms with Crippen molar-refractivity contribution in [1.29, 1.82) is 0 Å². The number of fused-ring (bicyclic) bond motifs is 3. The summed E-state index contributed by atoms with van der Waals surface area (Å²) in [6, 6.07) is 23.8. The maximum Gasteiger partial charge on any atom is 0.490 e. The fourth-order valence-electron chi connectivity index (χ4n) is 5.11. The zero-order chi connectivity index (χ0) is 28.3. The Morgan fingerprint density at radius 1 is 0.975 bits per heavy atom. The molecule has 0 saturated carbocycles. The largest absolute Gasteiger partial charge is 0.490 e. The van der Waals surface area contributed by atoms with Gasteiger partial charge in [-0.05, 0) is 59.0 Å². The number of piperazine rings is 1. The van der Waals surface area contributed by atoms with E-state index in [1.54, 1.807) is 18.2 Å². The molecule has 0 radical (unpaired) electrons. The average Bonchev–Trinajstić information content (AvgIpc) is 3.69. The van der Waals surface area contributed by atoms with Gasteiger partial charge in [0.05, 0.1) is 0 Å². The lowest BCUT2D eigenvalue weighted by molar-refractivity contribution is -0.192. The van der Waals surface area contributed by atoms with Gasteiger partial charge in [0.1, 0.15) is 0 Å². The molecule has 3 aromatic rings. The van der Waals surface area contributed by atoms with E-state index in [1.165, 1.54) is 17.5 Å². The van der Waals surface area contributed by atoms with Crippen LogP contribution < -0.4 is 20.1 Å². The zero-order valence-electron chi connectivity index (χ0n) is 21.4. The first-order chi connectivity index (χ1) is 19.2. The van der Waals surface area contributed by atoms with Crippen LogP contribution in [0.2, 0.25) is 0 Å². The van der Waals surface area contributed by atoms with Crippen LogP contribution in [-0.2, 0) is 17.9 Å². The second-order valence-electron chi connectivity index (χ2n) is 9.88. The molecule has 0 aromatic heterocycles. The number of carboxylic acid groups (broad SMARTS) is 1. The fourth-order valence-corrected chi connectivity index (χ4v) is 5.11. The molecular weight excluding hydrogens is 527 g/mol. The molecule has 2 saturated heterocycles. The predicted octanol–water partition coefficient (Wildman–Crippen LogP) is 4.19. The summed E-state index contributed by atoms with van der Waals surface area (Å²) in [4.78, 5) is 24.1. The topological polar surface area (TPSA) is 100 Å². The van der Waals surface area contributed by atoms with Crippen molar-refractivity contribution in [2.75, 3.05) is 19.9 Å². The molecule has 3 aliphatic rings. The number of ether oxygens (including phenoxy) is 2. The lowest BCUT2D eigenvalue weighted by atomic mass is 10.0. The number of hydrogen-bond acceptors (Lipinski definition) is 6. The van der Waals surface area contributed by atoms with E-state index in [1.807, 2.05) is 6.07 Å². The van der Waals surface area contributed by atoms with E-state index >= 15 is 0 Å². The molecule has 40 heavy (non-hydrogen) atoms. The van der Waals surface area contributed by atoms with Crippen molar-refractivity contribution >= 4 is 11.9 Å². The number of carbonyl (C=O) groups is 2. The molecule has 0 spiro atoms. The highest BCUT2D eigenvalue weighted by Gasteiger charge is 2.38. The summed E-state index contributed by atoms with van der Waals surface area (Å²) >= 11 is 0. The zero-order valence-corrected chi connectivity index (χ0v) is 21.4. The van der Waals surface area contributed by atoms with Crippen molar-refractivity contribution in [3.63, 3.8) is 0 Å². The number of nitrogens with zero attached hydrogens (tertiary/aromatic N) is 1. The quantitative estimate of drug-likeness (QED) is 0.420. The van der Waals surface area contributed by atoms with Crippen molar-refractivity contribution in [3.05, 3.63) is 83.4 Å². The van der Waals surface area contributed by atoms with Gasteiger partial charge in [-0.25, -0.2) is 4.79 Å². The van der Waals surface area contributed by atoms with Gasteiger partial charge in [-0.1, -0.05) is 36.4 Å². The van der Waals surface area contributed by atoms with E-state index in [0.717, 1.165) is 30.8 Å². The second-order valence-corrected chi connectivity index (χ2v) is 9.88. The van der Waals surface area contributed by atoms with Crippen LogP contribution in [0.1, 0.15) is 27.9 Å². The first kappa shape index (κ1) is 27.5. The number of nitrogens with one attached hydrogen (secondary N) is 2. The number of carbonyl (C=O) groups excluding carboxylic acids is 1. The van der Waals surface area contributed by atoms with Gasteiger partial charge in [-0.2, -0.15) is 13.2 Å². The SMILES string of the molecule is O=C(NCc1cccc(-c2cccc(CN3C[C@@H]4C[C@H]3CN4)c2)c1)c1ccc2c(c1)OCO2.O=C(O)C(F)(F)F. The van der Waals surface area contributed by atoms with Gasteiger partial charge in [0.15, 0.2) is 11.5 Å². The lowest BCUT2D eigenvalue weighted by Crippen LogP contribution is -2.42. The Morgan fingerprint density at radius 3 is 2.30 bits per heavy atom. The second kappa shape index (κ2) is 11.6. The summed E-state index contributed by atoms with van der Waals surface area (Å²) in [5, 5.41) is 13.7. The van der Waals surface area contributed by atoms with Crippen molar-refractivity contribution in [2.45, 2.75) is 37.8 Å². The smallest absolute Gasteiger partial charge is 0.475 e. The van der Waals surface area contributed by atoms with E-state index in [0.29, 0.717) is 35.7 Å². The molecule has 2 bridgehead atoms. The average molecular weight is 556 g/mol. The third-order valence-corrected chi connectivity index (χ3v) is 7.07. The number of alkyl halides is 3. The molecule has 11 heteroatoms. The molecule has 0 aliphatic carbocycles. The Morgan fingerprint density at radius 2 is 1.65 bits per heavy atom. The number of hydrogen-bond donors (Lipinski definition) is 3. The van der Waals surface area contributed by atoms with Gasteiger partial charge in [0.25, 0.3) is 5.91 Å². The van der Waals surface area contributed by atoms with Crippen LogP contribution in [0.15, 0.2) is 66.7 Å². The molecule has 8 nitrogen and oxygen atoms in total. The Kier molecular flexibility index (Phi) is 7.95. The number of benzene rings is 3. The molecular formula is C29H28F3N3O5. The normalized spacial score (nSPS) is 19.2. The van der Waals surface area contributed by atoms with Crippen LogP contribution >= 0.6 is 0 Å². The predicted molar refractivity (Wildman–Crippen MR) is 140 cm³/mol. The lowest BCUT2D eigenvalue weighted by Gasteiger charge is -2.27. The summed E-state index contributed by atoms with van der Waals surface area (Å²) in [6.45, 7) is 3.93. The van der Waals surface area contributed by atoms with Crippen LogP contribution in [0.4, 0.5) is 13.2 Å². The highest BCUT2D eigenvalue weighted by molar-refractivity contribution is 5.94. The maximum atomic E-state index is 12.6. The van der Waals surface area contributed by atoms with Crippen molar-refractivity contribution in [2.24, 2.45) is 0 Å². The summed E-state index contributed by atoms with van der Waals surface area (Å²) in [5.74, 6) is -1.60. The minimum absolute atomic E-state index is 0.130. The summed E-state index contributed by atoms with van der Waals surface area (Å²) in [5.41, 5.74) is 5.35. The summed E-state index contributed by atoms with van der Waals surface area (Å²) in [6.07, 6.45) is -3.81. The van der Waals surface area contributed by atoms with Gasteiger partial charge in [0.2, 0.25) is 6.79 Å². The number of amides is 1. The van der Waals surface area contributed by atoms with Gasteiger partial charge in [-0.3, -0.25) is 9.69 Å². The van der Waals surface area contributed by atoms with Crippen LogP contribution in [0.3, 0.4) is 0 Å². The molecule has 210 valence electrons. The maximum absolute atomic E-state index is 12.6. The Bertz CT molecular complexity index is 1400. The Balaban J connectivity index is 0.000000411. The van der Waals surface area contributed by atoms with Gasteiger partial charge >= 0.3 is 12.1 Å². The molecule has 2 fully saturated rings. The fraction of sp³-hybridized carbons (Fsp3) is 0.310. The van der Waals surface area contributed by atoms with E-state index in [4.69, 9.17) is 19.4 Å². The number of halogens is 3. The van der Waals surface area contributed by atoms with E-state index in [2.05, 4.69) is 58.0 Å². The number of aliphatic carboxylic acids is 1. The molecule has 2 atom stereocenters. The van der Waals surface area contributed by atoms with Gasteiger partial charge in [-0.15, -0.1) is 0 Å². The van der Waals surface area contributed by atoms with Gasteiger partial charge in [0, 0.05) is 43.8 Å². The molecule has 3 aliphatic heterocycles. The van der Waals surface area contributed by atoms with Crippen LogP contribution in [0.5, 0.6) is 11.5 Å². The van der Waals surface area contributed by atoms with Crippen molar-refractivity contribution in [3.8, 4) is 22.6 Å². The van der Waals surface area contributed by atoms with E-state index in [9.17, 15) is 18.0 Å². The van der Waals surface area contributed by atoms with E-state index < -0.39 is 12.1 Å². The van der Waals surface area contributed by atoms with Crippen molar-refractivity contribution < 1.29 is 37.3 Å². The molecule has 3 N–H and O–H groups in total. The Hall–Kier alpha value is -4.09. The first-order valence-electron chi connectivity index (χ1n) is 12.8.